The van der Waals surface area contributed by atoms with Crippen molar-refractivity contribution in [1.29, 1.82) is 0 Å². The number of aromatic amines is 1. The molecule has 1 atom stereocenters. The number of methoxy groups -OCH3 is 1. The number of anilines is 2. The Kier molecular flexibility index (Phi) is 3.34. The molecule has 0 bridgehead atoms. The summed E-state index contributed by atoms with van der Waals surface area (Å²) >= 11 is 1.21. The molecule has 0 aliphatic carbocycles. The predicted octanol–water partition coefficient (Wildman–Crippen LogP) is 1.45. The van der Waals surface area contributed by atoms with Crippen LogP contribution in [0.3, 0.4) is 0 Å². The molecule has 8 heteroatoms. The van der Waals surface area contributed by atoms with E-state index in [1.165, 1.54) is 11.8 Å². The molecule has 4 rings (SSSR count). The van der Waals surface area contributed by atoms with Crippen LogP contribution < -0.4 is 21.3 Å². The summed E-state index contributed by atoms with van der Waals surface area (Å²) in [5.74, 6) is 1.02. The normalized spacial score (nSPS) is 18.9. The van der Waals surface area contributed by atoms with Gasteiger partial charge in [0.25, 0.3) is 5.56 Å². The molecule has 3 heterocycles. The highest BCUT2D eigenvalue weighted by molar-refractivity contribution is 8.14. The molecule has 1 aromatic carbocycles. The molecule has 4 N–H and O–H groups in total. The Morgan fingerprint density at radius 2 is 2.12 bits per heavy atom. The van der Waals surface area contributed by atoms with Crippen molar-refractivity contribution in [3.05, 3.63) is 57.0 Å². The molecule has 7 nitrogen and oxygen atoms in total. The molecule has 0 amide bonds. The van der Waals surface area contributed by atoms with Crippen LogP contribution in [0.2, 0.25) is 0 Å². The van der Waals surface area contributed by atoms with Crippen LogP contribution in [-0.2, 0) is 4.79 Å². The first-order valence-corrected chi connectivity index (χ1v) is 8.28. The van der Waals surface area contributed by atoms with E-state index < -0.39 is 5.92 Å². The fourth-order valence-electron chi connectivity index (χ4n) is 3.18. The van der Waals surface area contributed by atoms with E-state index in [4.69, 9.17) is 10.5 Å². The first kappa shape index (κ1) is 14.8. The van der Waals surface area contributed by atoms with Gasteiger partial charge >= 0.3 is 0 Å². The lowest BCUT2D eigenvalue weighted by molar-refractivity contribution is -0.107. The number of hydrogen-bond acceptors (Lipinski definition) is 7. The van der Waals surface area contributed by atoms with Crippen molar-refractivity contribution in [2.45, 2.75) is 5.92 Å². The van der Waals surface area contributed by atoms with Gasteiger partial charge in [-0.15, -0.1) is 0 Å². The van der Waals surface area contributed by atoms with E-state index in [-0.39, 0.29) is 16.6 Å². The number of hydrogen-bond donors (Lipinski definition) is 3. The van der Waals surface area contributed by atoms with Gasteiger partial charge in [-0.25, -0.2) is 0 Å². The fourth-order valence-corrected chi connectivity index (χ4v) is 4.08. The van der Waals surface area contributed by atoms with Gasteiger partial charge in [0.1, 0.15) is 11.6 Å². The third kappa shape index (κ3) is 2.10. The molecule has 2 aromatic rings. The highest BCUT2D eigenvalue weighted by atomic mass is 32.2. The quantitative estimate of drug-likeness (QED) is 0.757. The second kappa shape index (κ2) is 5.41. The monoisotopic (exact) mass is 342 g/mol. The van der Waals surface area contributed by atoms with Crippen LogP contribution >= 0.6 is 11.8 Å². The summed E-state index contributed by atoms with van der Waals surface area (Å²) in [6.07, 6.45) is 0. The Balaban J connectivity index is 2.03. The zero-order valence-corrected chi connectivity index (χ0v) is 13.6. The van der Waals surface area contributed by atoms with Crippen LogP contribution in [0.15, 0.2) is 40.3 Å². The van der Waals surface area contributed by atoms with Crippen LogP contribution in [0.1, 0.15) is 17.0 Å². The second-order valence-electron chi connectivity index (χ2n) is 5.48. The molecule has 0 saturated carbocycles. The molecule has 2 aliphatic rings. The lowest BCUT2D eigenvalue weighted by Crippen LogP contribution is -2.29. The van der Waals surface area contributed by atoms with Crippen LogP contribution in [-0.4, -0.2) is 27.9 Å². The number of nitrogens with one attached hydrogen (secondary N) is 2. The summed E-state index contributed by atoms with van der Waals surface area (Å²) in [5.41, 5.74) is 7.78. The first-order valence-electron chi connectivity index (χ1n) is 7.30. The van der Waals surface area contributed by atoms with Gasteiger partial charge in [-0.05, 0) is 6.07 Å². The van der Waals surface area contributed by atoms with Gasteiger partial charge in [0.2, 0.25) is 11.1 Å². The van der Waals surface area contributed by atoms with Crippen LogP contribution in [0, 0.1) is 0 Å². The molecule has 122 valence electrons. The van der Waals surface area contributed by atoms with Crippen LogP contribution in [0.5, 0.6) is 5.75 Å². The highest BCUT2D eigenvalue weighted by Crippen LogP contribution is 2.47. The Labute approximate surface area is 141 Å². The number of carbonyl (C=O) groups excluding carboxylic acids is 1. The molecule has 0 saturated heterocycles. The summed E-state index contributed by atoms with van der Waals surface area (Å²) < 4.78 is 5.44. The summed E-state index contributed by atoms with van der Waals surface area (Å²) in [4.78, 5) is 31.7. The summed E-state index contributed by atoms with van der Waals surface area (Å²) in [6.45, 7) is 0. The molecule has 2 aliphatic heterocycles. The third-order valence-corrected chi connectivity index (χ3v) is 5.08. The fraction of sp³-hybridized carbons (Fsp3) is 0.188. The van der Waals surface area contributed by atoms with Crippen molar-refractivity contribution >= 4 is 28.6 Å². The van der Waals surface area contributed by atoms with E-state index >= 15 is 0 Å². The van der Waals surface area contributed by atoms with Gasteiger partial charge in [-0.1, -0.05) is 30.0 Å². The SMILES string of the molecule is COc1ccccc1C1C2=C(CSC2=O)Nc2nc(N)[nH]c(=O)c21. The number of para-hydroxylation sites is 1. The topological polar surface area (TPSA) is 110 Å². The standard InChI is InChI=1S/C16H14N4O3S/c1-23-9-5-3-2-4-7(9)10-11-8(6-24-15(11)22)18-13-12(10)14(21)20-16(17)19-13/h2-5,10H,6H2,1H3,(H4,17,18,19,20,21). The number of fused-ring (bicyclic) bond motifs is 1. The molecular weight excluding hydrogens is 328 g/mol. The average Bonchev–Trinajstić information content (AvgIpc) is 2.93. The minimum absolute atomic E-state index is 0.0334. The molecule has 24 heavy (non-hydrogen) atoms. The zero-order chi connectivity index (χ0) is 16.8. The number of thioether (sulfide) groups is 1. The molecule has 0 fully saturated rings. The Bertz CT molecular complexity index is 951. The van der Waals surface area contributed by atoms with E-state index in [1.807, 2.05) is 24.3 Å². The van der Waals surface area contributed by atoms with Gasteiger partial charge in [0.05, 0.1) is 18.6 Å². The van der Waals surface area contributed by atoms with Crippen LogP contribution in [0.25, 0.3) is 0 Å². The first-order chi connectivity index (χ1) is 11.6. The molecule has 0 spiro atoms. The Hall–Kier alpha value is -2.74. The van der Waals surface area contributed by atoms with Crippen molar-refractivity contribution < 1.29 is 9.53 Å². The Morgan fingerprint density at radius 1 is 1.33 bits per heavy atom. The lowest BCUT2D eigenvalue weighted by atomic mass is 9.82. The maximum Gasteiger partial charge on any atom is 0.258 e. The number of benzene rings is 1. The number of nitrogen functional groups attached to an aromatic ring is 1. The van der Waals surface area contributed by atoms with Crippen molar-refractivity contribution in [3.8, 4) is 5.75 Å². The van der Waals surface area contributed by atoms with Gasteiger partial charge in [-0.3, -0.25) is 14.6 Å². The minimum Gasteiger partial charge on any atom is -0.496 e. The molecule has 0 radical (unpaired) electrons. The summed E-state index contributed by atoms with van der Waals surface area (Å²) in [6, 6.07) is 7.36. The largest absolute Gasteiger partial charge is 0.496 e. The van der Waals surface area contributed by atoms with Gasteiger partial charge < -0.3 is 15.8 Å². The summed E-state index contributed by atoms with van der Waals surface area (Å²) in [5, 5.41) is 3.05. The van der Waals surface area contributed by atoms with Crippen LogP contribution in [0.4, 0.5) is 11.8 Å². The third-order valence-electron chi connectivity index (χ3n) is 4.16. The smallest absolute Gasteiger partial charge is 0.258 e. The second-order valence-corrected chi connectivity index (χ2v) is 6.43. The van der Waals surface area contributed by atoms with E-state index in [2.05, 4.69) is 15.3 Å². The lowest BCUT2D eigenvalue weighted by Gasteiger charge is -2.27. The Morgan fingerprint density at radius 3 is 2.92 bits per heavy atom. The number of aromatic nitrogens is 2. The number of carbonyl (C=O) groups is 1. The summed E-state index contributed by atoms with van der Waals surface area (Å²) in [7, 11) is 1.56. The van der Waals surface area contributed by atoms with Crippen molar-refractivity contribution in [3.63, 3.8) is 0 Å². The van der Waals surface area contributed by atoms with Crippen molar-refractivity contribution in [1.82, 2.24) is 9.97 Å². The van der Waals surface area contributed by atoms with Crippen molar-refractivity contribution in [2.24, 2.45) is 0 Å². The predicted molar refractivity (Wildman–Crippen MR) is 92.2 cm³/mol. The maximum atomic E-state index is 12.6. The molecule has 1 unspecified atom stereocenters. The van der Waals surface area contributed by atoms with E-state index in [1.54, 1.807) is 7.11 Å². The number of ether oxygens (including phenoxy) is 1. The minimum atomic E-state index is -0.535. The van der Waals surface area contributed by atoms with Crippen molar-refractivity contribution in [2.75, 3.05) is 23.9 Å². The number of H-pyrrole nitrogens is 1. The highest BCUT2D eigenvalue weighted by Gasteiger charge is 2.40. The van der Waals surface area contributed by atoms with Gasteiger partial charge in [0, 0.05) is 22.6 Å². The number of rotatable bonds is 2. The number of nitrogens with two attached hydrogens (primary N) is 1. The number of nitrogens with zero attached hydrogens (tertiary/aromatic N) is 1. The maximum absolute atomic E-state index is 12.6. The van der Waals surface area contributed by atoms with E-state index in [0.29, 0.717) is 28.5 Å². The van der Waals surface area contributed by atoms with E-state index in [0.717, 1.165) is 11.3 Å². The average molecular weight is 342 g/mol. The molecular formula is C16H14N4O3S. The molecule has 1 aromatic heterocycles. The van der Waals surface area contributed by atoms with Gasteiger partial charge in [-0.2, -0.15) is 4.98 Å². The zero-order valence-electron chi connectivity index (χ0n) is 12.8. The van der Waals surface area contributed by atoms with E-state index in [9.17, 15) is 9.59 Å². The van der Waals surface area contributed by atoms with Gasteiger partial charge in [0.15, 0.2) is 0 Å².